The van der Waals surface area contributed by atoms with Crippen molar-refractivity contribution in [2.75, 3.05) is 26.2 Å². The number of guanidine groups is 1. The summed E-state index contributed by atoms with van der Waals surface area (Å²) >= 11 is 0. The van der Waals surface area contributed by atoms with Crippen molar-refractivity contribution in [3.05, 3.63) is 35.4 Å². The molecule has 0 spiro atoms. The number of nitrogens with one attached hydrogen (secondary N) is 2. The number of carbonyl (C=O) groups excluding carboxylic acids is 1. The number of carbonyl (C=O) groups is 1. The van der Waals surface area contributed by atoms with E-state index in [4.69, 9.17) is 4.99 Å². The highest BCUT2D eigenvalue weighted by molar-refractivity contribution is 14.0. The summed E-state index contributed by atoms with van der Waals surface area (Å²) in [5, 5.41) is 7.00. The lowest BCUT2D eigenvalue weighted by Crippen LogP contribution is -2.45. The second kappa shape index (κ2) is 12.0. The van der Waals surface area contributed by atoms with Crippen molar-refractivity contribution >= 4 is 35.8 Å². The molecule has 7 heteroatoms. The highest BCUT2D eigenvalue weighted by atomic mass is 127. The van der Waals surface area contributed by atoms with Gasteiger partial charge in [0.15, 0.2) is 5.96 Å². The van der Waals surface area contributed by atoms with Gasteiger partial charge in [-0.05, 0) is 43.7 Å². The van der Waals surface area contributed by atoms with Gasteiger partial charge < -0.3 is 15.5 Å². The number of likely N-dealkylation sites (tertiary alicyclic amines) is 1. The van der Waals surface area contributed by atoms with Crippen LogP contribution in [-0.4, -0.2) is 59.9 Å². The summed E-state index contributed by atoms with van der Waals surface area (Å²) in [6, 6.07) is 9.63. The maximum atomic E-state index is 12.6. The van der Waals surface area contributed by atoms with Crippen LogP contribution in [-0.2, 0) is 17.9 Å². The maximum absolute atomic E-state index is 12.6. The first-order valence-electron chi connectivity index (χ1n) is 11.9. The molecule has 2 heterocycles. The van der Waals surface area contributed by atoms with Gasteiger partial charge in [-0.25, -0.2) is 0 Å². The fourth-order valence-electron chi connectivity index (χ4n) is 5.11. The van der Waals surface area contributed by atoms with Gasteiger partial charge >= 0.3 is 0 Å². The number of amides is 1. The van der Waals surface area contributed by atoms with Gasteiger partial charge in [-0.15, -0.1) is 24.0 Å². The molecule has 2 N–H and O–H groups in total. The van der Waals surface area contributed by atoms with E-state index in [0.717, 1.165) is 44.6 Å². The number of aliphatic imine (C=N–C) groups is 1. The van der Waals surface area contributed by atoms with Gasteiger partial charge in [-0.3, -0.25) is 14.7 Å². The molecule has 0 bridgehead atoms. The Balaban J connectivity index is 0.00000272. The molecular formula is C24H38IN5O. The molecule has 1 aliphatic carbocycles. The van der Waals surface area contributed by atoms with Crippen LogP contribution in [0, 0.1) is 0 Å². The Labute approximate surface area is 204 Å². The number of fused-ring (bicyclic) bond motifs is 1. The summed E-state index contributed by atoms with van der Waals surface area (Å²) in [4.78, 5) is 21.9. The Bertz CT molecular complexity index is 724. The molecule has 1 aromatic carbocycles. The standard InChI is InChI=1S/C24H37N5O.HI/c1-2-25-24(27-21-13-15-28(18-21)22-10-5-6-11-22)26-14-7-12-23(30)29-16-19-8-3-4-9-20(19)17-29;/h3-4,8-9,21-22H,2,5-7,10-18H2,1H3,(H2,25,26,27);1H. The van der Waals surface area contributed by atoms with Crippen LogP contribution in [0.3, 0.4) is 0 Å². The van der Waals surface area contributed by atoms with Crippen LogP contribution in [0.25, 0.3) is 0 Å². The van der Waals surface area contributed by atoms with Crippen molar-refractivity contribution in [2.45, 2.75) is 77.0 Å². The van der Waals surface area contributed by atoms with Gasteiger partial charge in [0.05, 0.1) is 0 Å². The third kappa shape index (κ3) is 6.57. The maximum Gasteiger partial charge on any atom is 0.223 e. The van der Waals surface area contributed by atoms with E-state index in [2.05, 4.69) is 34.6 Å². The molecule has 1 saturated carbocycles. The van der Waals surface area contributed by atoms with Crippen molar-refractivity contribution in [2.24, 2.45) is 4.99 Å². The Kier molecular flexibility index (Phi) is 9.44. The summed E-state index contributed by atoms with van der Waals surface area (Å²) in [7, 11) is 0. The molecule has 1 atom stereocenters. The minimum Gasteiger partial charge on any atom is -0.357 e. The van der Waals surface area contributed by atoms with Gasteiger partial charge in [0, 0.05) is 57.8 Å². The third-order valence-corrected chi connectivity index (χ3v) is 6.76. The quantitative estimate of drug-likeness (QED) is 0.241. The van der Waals surface area contributed by atoms with Crippen LogP contribution in [0.1, 0.15) is 63.0 Å². The topological polar surface area (TPSA) is 60.0 Å². The smallest absolute Gasteiger partial charge is 0.223 e. The van der Waals surface area contributed by atoms with Crippen molar-refractivity contribution in [1.82, 2.24) is 20.4 Å². The molecule has 1 amide bonds. The highest BCUT2D eigenvalue weighted by Gasteiger charge is 2.30. The highest BCUT2D eigenvalue weighted by Crippen LogP contribution is 2.26. The SMILES string of the molecule is CCNC(=NCCCC(=O)N1Cc2ccccc2C1)NC1CCN(C2CCCC2)C1.I. The summed E-state index contributed by atoms with van der Waals surface area (Å²) in [6.45, 7) is 7.48. The lowest BCUT2D eigenvalue weighted by Gasteiger charge is -2.24. The van der Waals surface area contributed by atoms with Crippen LogP contribution in [0.2, 0.25) is 0 Å². The lowest BCUT2D eigenvalue weighted by atomic mass is 10.1. The number of hydrogen-bond donors (Lipinski definition) is 2. The molecule has 0 radical (unpaired) electrons. The van der Waals surface area contributed by atoms with Crippen LogP contribution in [0.5, 0.6) is 0 Å². The molecule has 0 aromatic heterocycles. The third-order valence-electron chi connectivity index (χ3n) is 6.76. The minimum atomic E-state index is 0. The molecule has 6 nitrogen and oxygen atoms in total. The Morgan fingerprint density at radius 2 is 1.84 bits per heavy atom. The van der Waals surface area contributed by atoms with E-state index in [9.17, 15) is 4.79 Å². The van der Waals surface area contributed by atoms with Crippen LogP contribution >= 0.6 is 24.0 Å². The van der Waals surface area contributed by atoms with Crippen molar-refractivity contribution in [1.29, 1.82) is 0 Å². The van der Waals surface area contributed by atoms with E-state index in [0.29, 0.717) is 19.0 Å². The van der Waals surface area contributed by atoms with Crippen LogP contribution in [0.15, 0.2) is 29.3 Å². The molecule has 1 unspecified atom stereocenters. The number of halogens is 1. The Morgan fingerprint density at radius 3 is 2.52 bits per heavy atom. The predicted molar refractivity (Wildman–Crippen MR) is 137 cm³/mol. The predicted octanol–water partition coefficient (Wildman–Crippen LogP) is 3.50. The zero-order chi connectivity index (χ0) is 20.8. The van der Waals surface area contributed by atoms with Crippen molar-refractivity contribution in [3.8, 4) is 0 Å². The summed E-state index contributed by atoms with van der Waals surface area (Å²) in [6.07, 6.45) is 8.08. The monoisotopic (exact) mass is 539 g/mol. The number of nitrogens with zero attached hydrogens (tertiary/aromatic N) is 3. The minimum absolute atomic E-state index is 0. The molecule has 3 aliphatic rings. The first kappa shape index (κ1) is 24.3. The van der Waals surface area contributed by atoms with Crippen molar-refractivity contribution in [3.63, 3.8) is 0 Å². The molecule has 2 fully saturated rings. The van der Waals surface area contributed by atoms with Gasteiger partial charge in [0.1, 0.15) is 0 Å². The normalized spacial score (nSPS) is 21.8. The molecule has 4 rings (SSSR count). The van der Waals surface area contributed by atoms with Gasteiger partial charge in [0.2, 0.25) is 5.91 Å². The molecule has 31 heavy (non-hydrogen) atoms. The van der Waals surface area contributed by atoms with Gasteiger partial charge in [0.25, 0.3) is 0 Å². The van der Waals surface area contributed by atoms with Crippen LogP contribution < -0.4 is 10.6 Å². The molecule has 1 aromatic rings. The average Bonchev–Trinajstić information content (AvgIpc) is 3.51. The van der Waals surface area contributed by atoms with Crippen LogP contribution in [0.4, 0.5) is 0 Å². The zero-order valence-corrected chi connectivity index (χ0v) is 21.1. The second-order valence-corrected chi connectivity index (χ2v) is 8.95. The van der Waals surface area contributed by atoms with E-state index in [1.54, 1.807) is 0 Å². The van der Waals surface area contributed by atoms with Gasteiger partial charge in [-0.2, -0.15) is 0 Å². The second-order valence-electron chi connectivity index (χ2n) is 8.95. The molecule has 1 saturated heterocycles. The number of rotatable bonds is 7. The van der Waals surface area contributed by atoms with E-state index >= 15 is 0 Å². The zero-order valence-electron chi connectivity index (χ0n) is 18.8. The number of hydrogen-bond acceptors (Lipinski definition) is 3. The van der Waals surface area contributed by atoms with E-state index < -0.39 is 0 Å². The number of benzene rings is 1. The fourth-order valence-corrected chi connectivity index (χ4v) is 5.11. The molecule has 172 valence electrons. The summed E-state index contributed by atoms with van der Waals surface area (Å²) in [5.41, 5.74) is 2.57. The first-order valence-corrected chi connectivity index (χ1v) is 11.9. The van der Waals surface area contributed by atoms with Crippen molar-refractivity contribution < 1.29 is 4.79 Å². The van der Waals surface area contributed by atoms with E-state index in [1.807, 2.05) is 17.0 Å². The first-order chi connectivity index (χ1) is 14.7. The largest absolute Gasteiger partial charge is 0.357 e. The Morgan fingerprint density at radius 1 is 1.13 bits per heavy atom. The summed E-state index contributed by atoms with van der Waals surface area (Å²) < 4.78 is 0. The lowest BCUT2D eigenvalue weighted by molar-refractivity contribution is -0.131. The molecule has 2 aliphatic heterocycles. The summed E-state index contributed by atoms with van der Waals surface area (Å²) in [5.74, 6) is 1.14. The van der Waals surface area contributed by atoms with Gasteiger partial charge in [-0.1, -0.05) is 37.1 Å². The Hall–Kier alpha value is -1.35. The fraction of sp³-hybridized carbons (Fsp3) is 0.667. The molecular weight excluding hydrogens is 501 g/mol. The van der Waals surface area contributed by atoms with E-state index in [-0.39, 0.29) is 29.9 Å². The van der Waals surface area contributed by atoms with E-state index in [1.165, 1.54) is 49.8 Å². The average molecular weight is 540 g/mol.